The Morgan fingerprint density at radius 1 is 1.03 bits per heavy atom. The molecule has 0 radical (unpaired) electrons. The predicted molar refractivity (Wildman–Crippen MR) is 126 cm³/mol. The number of amides is 2. The van der Waals surface area contributed by atoms with E-state index in [-0.39, 0.29) is 29.7 Å². The van der Waals surface area contributed by atoms with Crippen molar-refractivity contribution in [2.75, 3.05) is 17.4 Å². The highest BCUT2D eigenvalue weighted by Crippen LogP contribution is 2.33. The Morgan fingerprint density at radius 2 is 1.83 bits per heavy atom. The smallest absolute Gasteiger partial charge is 0.265 e. The molecule has 3 N–H and O–H groups in total. The lowest BCUT2D eigenvalue weighted by Gasteiger charge is -2.23. The molecule has 2 amide bonds. The fraction of sp³-hybridized carbons (Fsp3) is 0.167. The van der Waals surface area contributed by atoms with Gasteiger partial charge in [-0.15, -0.1) is 0 Å². The van der Waals surface area contributed by atoms with Crippen LogP contribution < -0.4 is 29.6 Å². The van der Waals surface area contributed by atoms with Crippen LogP contribution in [-0.2, 0) is 21.4 Å². The Bertz CT molecular complexity index is 1440. The first-order chi connectivity index (χ1) is 16.8. The average Bonchev–Trinajstić information content (AvgIpc) is 3.32. The second-order valence-electron chi connectivity index (χ2n) is 7.95. The molecule has 2 heterocycles. The molecule has 0 aromatic heterocycles. The lowest BCUT2D eigenvalue weighted by molar-refractivity contribution is -0.122. The molecule has 0 saturated carbocycles. The summed E-state index contributed by atoms with van der Waals surface area (Å²) in [5.74, 6) is 0.875. The summed E-state index contributed by atoms with van der Waals surface area (Å²) >= 11 is 0. The third-order valence-corrected chi connectivity index (χ3v) is 6.88. The van der Waals surface area contributed by atoms with E-state index in [4.69, 9.17) is 14.2 Å². The maximum Gasteiger partial charge on any atom is 0.265 e. The first kappa shape index (κ1) is 22.7. The van der Waals surface area contributed by atoms with Crippen molar-refractivity contribution in [3.05, 3.63) is 71.8 Å². The first-order valence-corrected chi connectivity index (χ1v) is 12.2. The zero-order valence-electron chi connectivity index (χ0n) is 18.5. The normalized spacial score (nSPS) is 16.1. The molecule has 5 rings (SSSR count). The Balaban J connectivity index is 1.28. The SMILES string of the molecule is C[C@H]1Oc2ccc(NC(=O)c3cccc(S(=O)(=O)NCc4ccc5c(c4)OCO5)c3)cc2NC1=O. The quantitative estimate of drug-likeness (QED) is 0.479. The van der Waals surface area contributed by atoms with Crippen molar-refractivity contribution >= 4 is 33.2 Å². The molecule has 0 unspecified atom stereocenters. The monoisotopic (exact) mass is 495 g/mol. The molecule has 2 aliphatic rings. The summed E-state index contributed by atoms with van der Waals surface area (Å²) < 4.78 is 44.3. The number of rotatable bonds is 6. The van der Waals surface area contributed by atoms with Crippen LogP contribution in [0.15, 0.2) is 65.6 Å². The van der Waals surface area contributed by atoms with Crippen molar-refractivity contribution in [3.63, 3.8) is 0 Å². The largest absolute Gasteiger partial charge is 0.479 e. The molecule has 10 nitrogen and oxygen atoms in total. The molecule has 3 aromatic rings. The highest BCUT2D eigenvalue weighted by atomic mass is 32.2. The van der Waals surface area contributed by atoms with Gasteiger partial charge in [0, 0.05) is 17.8 Å². The zero-order chi connectivity index (χ0) is 24.6. The van der Waals surface area contributed by atoms with E-state index in [9.17, 15) is 18.0 Å². The first-order valence-electron chi connectivity index (χ1n) is 10.7. The summed E-state index contributed by atoms with van der Waals surface area (Å²) in [6, 6.07) is 15.7. The molecule has 0 fully saturated rings. The fourth-order valence-corrected chi connectivity index (χ4v) is 4.67. The minimum atomic E-state index is -3.89. The molecule has 3 aromatic carbocycles. The van der Waals surface area contributed by atoms with E-state index in [1.165, 1.54) is 24.3 Å². The van der Waals surface area contributed by atoms with Crippen molar-refractivity contribution in [2.45, 2.75) is 24.5 Å². The van der Waals surface area contributed by atoms with Crippen molar-refractivity contribution < 1.29 is 32.2 Å². The van der Waals surface area contributed by atoms with Crippen molar-refractivity contribution in [1.82, 2.24) is 4.72 Å². The van der Waals surface area contributed by atoms with Crippen molar-refractivity contribution in [2.24, 2.45) is 0 Å². The minimum Gasteiger partial charge on any atom is -0.479 e. The standard InChI is InChI=1S/C24H21N3O7S/c1-14-23(28)27-19-11-17(6-8-20(19)34-14)26-24(29)16-3-2-4-18(10-16)35(30,31)25-12-15-5-7-21-22(9-15)33-13-32-21/h2-11,14,25H,12-13H2,1H3,(H,26,29)(H,27,28)/t14-/m1/s1. The number of sulfonamides is 1. The lowest BCUT2D eigenvalue weighted by atomic mass is 10.2. The van der Waals surface area contributed by atoms with Gasteiger partial charge in [0.15, 0.2) is 17.6 Å². The number of carbonyl (C=O) groups is 2. The number of carbonyl (C=O) groups excluding carboxylic acids is 2. The van der Waals surface area contributed by atoms with Crippen LogP contribution in [-0.4, -0.2) is 33.1 Å². The van der Waals surface area contributed by atoms with E-state index in [0.717, 1.165) is 0 Å². The van der Waals surface area contributed by atoms with Gasteiger partial charge in [-0.05, 0) is 61.0 Å². The number of hydrogen-bond donors (Lipinski definition) is 3. The number of ether oxygens (including phenoxy) is 3. The summed E-state index contributed by atoms with van der Waals surface area (Å²) in [6.45, 7) is 1.81. The highest BCUT2D eigenvalue weighted by Gasteiger charge is 2.24. The predicted octanol–water partition coefficient (Wildman–Crippen LogP) is 2.87. The van der Waals surface area contributed by atoms with Crippen LogP contribution in [0.1, 0.15) is 22.8 Å². The van der Waals surface area contributed by atoms with E-state index in [1.807, 2.05) is 0 Å². The minimum absolute atomic E-state index is 0.0386. The molecule has 1 atom stereocenters. The number of nitrogens with one attached hydrogen (secondary N) is 3. The maximum atomic E-state index is 12.8. The van der Waals surface area contributed by atoms with Crippen LogP contribution in [0.5, 0.6) is 17.2 Å². The van der Waals surface area contributed by atoms with Crippen LogP contribution in [0, 0.1) is 0 Å². The summed E-state index contributed by atoms with van der Waals surface area (Å²) in [5.41, 5.74) is 1.71. The zero-order valence-corrected chi connectivity index (χ0v) is 19.3. The summed E-state index contributed by atoms with van der Waals surface area (Å²) in [4.78, 5) is 24.6. The van der Waals surface area contributed by atoms with Gasteiger partial charge < -0.3 is 24.8 Å². The van der Waals surface area contributed by atoms with Gasteiger partial charge in [0.2, 0.25) is 16.8 Å². The Labute approximate surface area is 201 Å². The summed E-state index contributed by atoms with van der Waals surface area (Å²) in [5, 5.41) is 5.42. The van der Waals surface area contributed by atoms with Crippen molar-refractivity contribution in [3.8, 4) is 17.2 Å². The molecule has 35 heavy (non-hydrogen) atoms. The molecule has 0 spiro atoms. The van der Waals surface area contributed by atoms with E-state index < -0.39 is 22.0 Å². The van der Waals surface area contributed by atoms with Crippen LogP contribution in [0.25, 0.3) is 0 Å². The number of anilines is 2. The molecular weight excluding hydrogens is 474 g/mol. The van der Waals surface area contributed by atoms with Crippen LogP contribution >= 0.6 is 0 Å². The topological polar surface area (TPSA) is 132 Å². The van der Waals surface area contributed by atoms with E-state index in [1.54, 1.807) is 43.3 Å². The number of hydrogen-bond acceptors (Lipinski definition) is 7. The van der Waals surface area contributed by atoms with Gasteiger partial charge in [0.1, 0.15) is 5.75 Å². The lowest BCUT2D eigenvalue weighted by Crippen LogP contribution is -2.34. The van der Waals surface area contributed by atoms with E-state index >= 15 is 0 Å². The van der Waals surface area contributed by atoms with Gasteiger partial charge in [-0.25, -0.2) is 13.1 Å². The van der Waals surface area contributed by atoms with Gasteiger partial charge in [0.05, 0.1) is 10.6 Å². The van der Waals surface area contributed by atoms with Crippen LogP contribution in [0.3, 0.4) is 0 Å². The second-order valence-corrected chi connectivity index (χ2v) is 9.72. The highest BCUT2D eigenvalue weighted by molar-refractivity contribution is 7.89. The molecular formula is C24H21N3O7S. The molecule has 0 bridgehead atoms. The molecule has 11 heteroatoms. The molecule has 180 valence electrons. The Kier molecular flexibility index (Phi) is 5.79. The van der Waals surface area contributed by atoms with Gasteiger partial charge in [0.25, 0.3) is 11.8 Å². The molecule has 0 saturated heterocycles. The Hall–Kier alpha value is -4.09. The number of benzene rings is 3. The van der Waals surface area contributed by atoms with Gasteiger partial charge in [-0.1, -0.05) is 12.1 Å². The third-order valence-electron chi connectivity index (χ3n) is 5.48. The Morgan fingerprint density at radius 3 is 2.69 bits per heavy atom. The summed E-state index contributed by atoms with van der Waals surface area (Å²) in [6.07, 6.45) is -0.605. The van der Waals surface area contributed by atoms with Crippen LogP contribution in [0.2, 0.25) is 0 Å². The van der Waals surface area contributed by atoms with Gasteiger partial charge >= 0.3 is 0 Å². The number of fused-ring (bicyclic) bond motifs is 2. The van der Waals surface area contributed by atoms with Gasteiger partial charge in [-0.2, -0.15) is 0 Å². The molecule has 2 aliphatic heterocycles. The van der Waals surface area contributed by atoms with Crippen LogP contribution in [0.4, 0.5) is 11.4 Å². The van der Waals surface area contributed by atoms with Gasteiger partial charge in [-0.3, -0.25) is 9.59 Å². The maximum absolute atomic E-state index is 12.8. The van der Waals surface area contributed by atoms with E-state index in [2.05, 4.69) is 15.4 Å². The summed E-state index contributed by atoms with van der Waals surface area (Å²) in [7, 11) is -3.89. The van der Waals surface area contributed by atoms with E-state index in [0.29, 0.717) is 34.2 Å². The second kappa shape index (κ2) is 8.93. The van der Waals surface area contributed by atoms with Crippen molar-refractivity contribution in [1.29, 1.82) is 0 Å². The molecule has 0 aliphatic carbocycles. The third kappa shape index (κ3) is 4.77. The fourth-order valence-electron chi connectivity index (χ4n) is 3.61. The average molecular weight is 496 g/mol.